The van der Waals surface area contributed by atoms with Gasteiger partial charge in [-0.25, -0.2) is 4.39 Å². The van der Waals surface area contributed by atoms with Crippen LogP contribution >= 0.6 is 11.8 Å². The fraction of sp³-hybridized carbons (Fsp3) is 0.533. The number of aryl methyl sites for hydroxylation is 1. The molecule has 0 N–H and O–H groups in total. The number of halogens is 6. The predicted octanol–water partition coefficient (Wildman–Crippen LogP) is 4.05. The minimum Gasteiger partial charge on any atom is -0.366 e. The summed E-state index contributed by atoms with van der Waals surface area (Å²) >= 11 is -0.644. The Bertz CT molecular complexity index is 656. The lowest BCUT2D eigenvalue weighted by atomic mass is 10.2. The second kappa shape index (κ2) is 6.97. The lowest BCUT2D eigenvalue weighted by molar-refractivity contribution is -0.237. The zero-order valence-corrected chi connectivity index (χ0v) is 14.3. The van der Waals surface area contributed by atoms with Gasteiger partial charge < -0.3 is 9.80 Å². The second-order valence-corrected chi connectivity index (χ2v) is 6.84. The molecule has 0 saturated carbocycles. The van der Waals surface area contributed by atoms with E-state index in [1.165, 1.54) is 18.7 Å². The molecule has 0 radical (unpaired) electrons. The third-order valence-electron chi connectivity index (χ3n) is 3.88. The monoisotopic (exact) mass is 386 g/mol. The third kappa shape index (κ3) is 4.34. The van der Waals surface area contributed by atoms with Crippen LogP contribution in [0.2, 0.25) is 0 Å². The molecule has 0 aliphatic carbocycles. The van der Waals surface area contributed by atoms with E-state index in [4.69, 9.17) is 0 Å². The first kappa shape index (κ1) is 19.7. The van der Waals surface area contributed by atoms with E-state index in [2.05, 4.69) is 0 Å². The molecule has 1 aromatic rings. The molecule has 0 bridgehead atoms. The molecule has 140 valence electrons. The van der Waals surface area contributed by atoms with E-state index in [1.54, 1.807) is 4.90 Å². The van der Waals surface area contributed by atoms with Gasteiger partial charge in [-0.15, -0.1) is 0 Å². The van der Waals surface area contributed by atoms with Gasteiger partial charge in [-0.3, -0.25) is 4.79 Å². The van der Waals surface area contributed by atoms with E-state index in [-0.39, 0.29) is 35.1 Å². The lowest BCUT2D eigenvalue weighted by Gasteiger charge is -2.36. The molecule has 0 atom stereocenters. The van der Waals surface area contributed by atoms with Crippen LogP contribution in [0.4, 0.5) is 32.0 Å². The number of hydrogen-bond donors (Lipinski definition) is 0. The van der Waals surface area contributed by atoms with Crippen LogP contribution in [-0.2, 0) is 4.79 Å². The summed E-state index contributed by atoms with van der Waals surface area (Å²) in [5.41, 5.74) is -0.0492. The van der Waals surface area contributed by atoms with Crippen molar-refractivity contribution in [3.05, 3.63) is 23.5 Å². The number of nitrogens with zero attached hydrogens (tertiary/aromatic N) is 2. The summed E-state index contributed by atoms with van der Waals surface area (Å²) in [7, 11) is 0. The SMILES string of the molecule is CC(=O)N1CCN(c2cc(SC(F)(F)C(F)(F)F)c(C)cc2F)CC1. The lowest BCUT2D eigenvalue weighted by Crippen LogP contribution is -2.48. The average Bonchev–Trinajstić information content (AvgIpc) is 2.49. The van der Waals surface area contributed by atoms with Crippen molar-refractivity contribution in [3.63, 3.8) is 0 Å². The number of anilines is 1. The number of alkyl halides is 5. The minimum atomic E-state index is -5.70. The van der Waals surface area contributed by atoms with Crippen molar-refractivity contribution in [3.8, 4) is 0 Å². The van der Waals surface area contributed by atoms with Gasteiger partial charge in [0.05, 0.1) is 5.69 Å². The Hall–Kier alpha value is -1.58. The van der Waals surface area contributed by atoms with E-state index >= 15 is 0 Å². The maximum absolute atomic E-state index is 14.2. The van der Waals surface area contributed by atoms with Gasteiger partial charge in [0.2, 0.25) is 5.91 Å². The van der Waals surface area contributed by atoms with Crippen molar-refractivity contribution >= 4 is 23.4 Å². The van der Waals surface area contributed by atoms with Crippen molar-refractivity contribution in [1.29, 1.82) is 0 Å². The van der Waals surface area contributed by atoms with Crippen LogP contribution in [0.15, 0.2) is 17.0 Å². The van der Waals surface area contributed by atoms with E-state index in [9.17, 15) is 31.1 Å². The van der Waals surface area contributed by atoms with Crippen LogP contribution in [0.3, 0.4) is 0 Å². The van der Waals surface area contributed by atoms with E-state index in [1.807, 2.05) is 0 Å². The average molecular weight is 386 g/mol. The van der Waals surface area contributed by atoms with Gasteiger partial charge in [0.25, 0.3) is 0 Å². The second-order valence-electron chi connectivity index (χ2n) is 5.68. The summed E-state index contributed by atoms with van der Waals surface area (Å²) in [6, 6.07) is 1.96. The summed E-state index contributed by atoms with van der Waals surface area (Å²) in [5, 5.41) is -4.97. The van der Waals surface area contributed by atoms with Gasteiger partial charge >= 0.3 is 11.4 Å². The van der Waals surface area contributed by atoms with Crippen molar-refractivity contribution in [2.45, 2.75) is 30.2 Å². The molecule has 3 nitrogen and oxygen atoms in total. The normalized spacial score (nSPS) is 16.3. The van der Waals surface area contributed by atoms with Crippen LogP contribution in [0.1, 0.15) is 12.5 Å². The first-order chi connectivity index (χ1) is 11.4. The van der Waals surface area contributed by atoms with Gasteiger partial charge in [-0.05, 0) is 36.4 Å². The van der Waals surface area contributed by atoms with E-state index in [0.29, 0.717) is 13.1 Å². The summed E-state index contributed by atoms with van der Waals surface area (Å²) in [5.74, 6) is -0.835. The molecule has 1 heterocycles. The third-order valence-corrected chi connectivity index (χ3v) is 5.03. The van der Waals surface area contributed by atoms with Crippen LogP contribution in [0.5, 0.6) is 0 Å². The highest BCUT2D eigenvalue weighted by Crippen LogP contribution is 2.49. The van der Waals surface area contributed by atoms with Crippen LogP contribution in [0.25, 0.3) is 0 Å². The number of benzene rings is 1. The molecule has 10 heteroatoms. The van der Waals surface area contributed by atoms with Gasteiger partial charge in [-0.2, -0.15) is 22.0 Å². The molecule has 0 spiro atoms. The molecule has 1 saturated heterocycles. The standard InChI is InChI=1S/C15H16F6N2OS/c1-9-7-11(16)12(23-5-3-22(4-6-23)10(2)24)8-13(9)25-15(20,21)14(17,18)19/h7-8H,3-6H2,1-2H3. The first-order valence-corrected chi connectivity index (χ1v) is 8.18. The molecular weight excluding hydrogens is 370 g/mol. The number of rotatable bonds is 3. The maximum Gasteiger partial charge on any atom is 0.464 e. The largest absolute Gasteiger partial charge is 0.464 e. The predicted molar refractivity (Wildman–Crippen MR) is 82.5 cm³/mol. The van der Waals surface area contributed by atoms with Gasteiger partial charge in [0, 0.05) is 38.0 Å². The molecular formula is C15H16F6N2OS. The van der Waals surface area contributed by atoms with E-state index in [0.717, 1.165) is 12.1 Å². The highest BCUT2D eigenvalue weighted by atomic mass is 32.2. The van der Waals surface area contributed by atoms with Crippen molar-refractivity contribution in [2.24, 2.45) is 0 Å². The number of carbonyl (C=O) groups excluding carboxylic acids is 1. The molecule has 25 heavy (non-hydrogen) atoms. The number of amides is 1. The highest BCUT2D eigenvalue weighted by Gasteiger charge is 2.58. The number of piperazine rings is 1. The smallest absolute Gasteiger partial charge is 0.366 e. The minimum absolute atomic E-state index is 0.00227. The van der Waals surface area contributed by atoms with Gasteiger partial charge in [0.15, 0.2) is 0 Å². The van der Waals surface area contributed by atoms with Crippen molar-refractivity contribution in [1.82, 2.24) is 4.90 Å². The Morgan fingerprint density at radius 3 is 2.12 bits per heavy atom. The molecule has 0 unspecified atom stereocenters. The Kier molecular flexibility index (Phi) is 5.50. The summed E-state index contributed by atoms with van der Waals surface area (Å²) in [6.45, 7) is 3.84. The summed E-state index contributed by atoms with van der Waals surface area (Å²) in [6.07, 6.45) is -5.70. The van der Waals surface area contributed by atoms with Crippen molar-refractivity contribution in [2.75, 3.05) is 31.1 Å². The Balaban J connectivity index is 2.25. The highest BCUT2D eigenvalue weighted by molar-refractivity contribution is 8.00. The molecule has 0 aromatic heterocycles. The van der Waals surface area contributed by atoms with E-state index < -0.39 is 29.0 Å². The Morgan fingerprint density at radius 1 is 1.08 bits per heavy atom. The molecule has 1 aliphatic rings. The zero-order chi connectivity index (χ0) is 19.0. The van der Waals surface area contributed by atoms with Crippen LogP contribution in [-0.4, -0.2) is 48.4 Å². The fourth-order valence-corrected chi connectivity index (χ4v) is 3.24. The molecule has 1 aliphatic heterocycles. The Morgan fingerprint density at radius 2 is 1.64 bits per heavy atom. The molecule has 1 fully saturated rings. The molecule has 2 rings (SSSR count). The Labute approximate surface area is 145 Å². The molecule has 1 aromatic carbocycles. The van der Waals surface area contributed by atoms with Crippen LogP contribution in [0, 0.1) is 12.7 Å². The number of hydrogen-bond acceptors (Lipinski definition) is 3. The van der Waals surface area contributed by atoms with Gasteiger partial charge in [0.1, 0.15) is 5.82 Å². The topological polar surface area (TPSA) is 23.6 Å². The summed E-state index contributed by atoms with van der Waals surface area (Å²) in [4.78, 5) is 14.0. The first-order valence-electron chi connectivity index (χ1n) is 7.36. The number of carbonyl (C=O) groups is 1. The molecule has 1 amide bonds. The summed E-state index contributed by atoms with van der Waals surface area (Å²) < 4.78 is 78.0. The zero-order valence-electron chi connectivity index (χ0n) is 13.5. The fourth-order valence-electron chi connectivity index (χ4n) is 2.45. The van der Waals surface area contributed by atoms with Crippen molar-refractivity contribution < 1.29 is 31.1 Å². The quantitative estimate of drug-likeness (QED) is 0.579. The van der Waals surface area contributed by atoms with Crippen LogP contribution < -0.4 is 4.90 Å². The van der Waals surface area contributed by atoms with Gasteiger partial charge in [-0.1, -0.05) is 0 Å². The number of thioether (sulfide) groups is 1. The maximum atomic E-state index is 14.2.